The molecule has 7 heteroatoms. The molecule has 1 saturated heterocycles. The van der Waals surface area contributed by atoms with Crippen LogP contribution in [0.15, 0.2) is 0 Å². The molecule has 1 aliphatic heterocycles. The highest BCUT2D eigenvalue weighted by atomic mass is 16.5. The second-order valence-electron chi connectivity index (χ2n) is 5.53. The molecule has 2 heterocycles. The van der Waals surface area contributed by atoms with Crippen LogP contribution in [0.4, 0.5) is 0 Å². The van der Waals surface area contributed by atoms with Gasteiger partial charge in [-0.3, -0.25) is 4.79 Å². The molecule has 124 valence electrons. The van der Waals surface area contributed by atoms with Crippen molar-refractivity contribution in [2.45, 2.75) is 32.7 Å². The fourth-order valence-electron chi connectivity index (χ4n) is 2.81. The number of ether oxygens (including phenoxy) is 2. The Morgan fingerprint density at radius 1 is 1.57 bits per heavy atom. The molecule has 1 fully saturated rings. The number of carbonyl (C=O) groups excluding carboxylic acids is 2. The third-order valence-electron chi connectivity index (χ3n) is 4.16. The van der Waals surface area contributed by atoms with Gasteiger partial charge in [-0.2, -0.15) is 5.26 Å². The minimum absolute atomic E-state index is 0.00931. The van der Waals surface area contributed by atoms with Gasteiger partial charge in [0, 0.05) is 18.2 Å². The highest BCUT2D eigenvalue weighted by molar-refractivity contribution is 6.00. The van der Waals surface area contributed by atoms with Gasteiger partial charge in [0.15, 0.2) is 0 Å². The number of aryl methyl sites for hydroxylation is 1. The molecule has 0 aromatic carbocycles. The molecule has 1 amide bonds. The normalized spacial score (nSPS) is 18.3. The number of hydrogen-bond acceptors (Lipinski definition) is 5. The second-order valence-corrected chi connectivity index (χ2v) is 5.53. The van der Waals surface area contributed by atoms with E-state index in [4.69, 9.17) is 9.47 Å². The molecule has 0 radical (unpaired) electrons. The Hall–Kier alpha value is -2.33. The first-order valence-electron chi connectivity index (χ1n) is 7.61. The molecule has 1 aliphatic rings. The Bertz CT molecular complexity index is 638. The molecule has 23 heavy (non-hydrogen) atoms. The van der Waals surface area contributed by atoms with E-state index in [9.17, 15) is 14.9 Å². The van der Waals surface area contributed by atoms with E-state index >= 15 is 0 Å². The summed E-state index contributed by atoms with van der Waals surface area (Å²) in [5.41, 5.74) is 1.86. The Morgan fingerprint density at radius 2 is 2.30 bits per heavy atom. The maximum absolute atomic E-state index is 12.5. The van der Waals surface area contributed by atoms with Crippen molar-refractivity contribution in [2.24, 2.45) is 5.92 Å². The van der Waals surface area contributed by atoms with E-state index in [0.717, 1.165) is 6.42 Å². The first-order chi connectivity index (χ1) is 11.0. The van der Waals surface area contributed by atoms with E-state index in [1.807, 2.05) is 6.92 Å². The summed E-state index contributed by atoms with van der Waals surface area (Å²) in [4.78, 5) is 27.4. The third-order valence-corrected chi connectivity index (χ3v) is 4.16. The summed E-state index contributed by atoms with van der Waals surface area (Å²) in [5, 5.41) is 12.0. The average Bonchev–Trinajstić information content (AvgIpc) is 3.19. The van der Waals surface area contributed by atoms with Crippen molar-refractivity contribution in [1.82, 2.24) is 10.3 Å². The highest BCUT2D eigenvalue weighted by Gasteiger charge is 2.29. The lowest BCUT2D eigenvalue weighted by atomic mass is 10.00. The number of H-pyrrole nitrogens is 1. The largest absolute Gasteiger partial charge is 0.465 e. The number of aromatic amines is 1. The number of carbonyl (C=O) groups is 2. The summed E-state index contributed by atoms with van der Waals surface area (Å²) in [7, 11) is 1.31. The van der Waals surface area contributed by atoms with Crippen molar-refractivity contribution in [2.75, 3.05) is 20.3 Å². The zero-order valence-corrected chi connectivity index (χ0v) is 13.6. The molecule has 1 aromatic rings. The van der Waals surface area contributed by atoms with Gasteiger partial charge in [0.2, 0.25) is 0 Å². The fourth-order valence-corrected chi connectivity index (χ4v) is 2.81. The summed E-state index contributed by atoms with van der Waals surface area (Å²) < 4.78 is 10.0. The Kier molecular flexibility index (Phi) is 5.40. The van der Waals surface area contributed by atoms with Gasteiger partial charge in [-0.25, -0.2) is 4.79 Å². The molecule has 0 spiro atoms. The first kappa shape index (κ1) is 17.0. The maximum atomic E-state index is 12.5. The standard InChI is InChI=1S/C16H21N3O4/c1-4-11-13(16(21)22-3)9(2)14(18-11)15(20)19-12(7-17)10-5-6-23-8-10/h10,12,18H,4-6,8H2,1-3H3,(H,19,20)/t10-,12+/m1/s1. The molecule has 7 nitrogen and oxygen atoms in total. The number of rotatable bonds is 5. The molecule has 0 bridgehead atoms. The number of esters is 1. The van der Waals surface area contributed by atoms with Gasteiger partial charge in [-0.15, -0.1) is 0 Å². The van der Waals surface area contributed by atoms with Gasteiger partial charge in [0.25, 0.3) is 5.91 Å². The number of nitrogens with one attached hydrogen (secondary N) is 2. The van der Waals surface area contributed by atoms with Crippen LogP contribution < -0.4 is 5.32 Å². The monoisotopic (exact) mass is 319 g/mol. The predicted octanol–water partition coefficient (Wildman–Crippen LogP) is 1.33. The van der Waals surface area contributed by atoms with Crippen molar-refractivity contribution >= 4 is 11.9 Å². The van der Waals surface area contributed by atoms with E-state index in [0.29, 0.717) is 42.1 Å². The van der Waals surface area contributed by atoms with Crippen molar-refractivity contribution in [3.8, 4) is 6.07 Å². The van der Waals surface area contributed by atoms with Crippen LogP contribution in [-0.2, 0) is 15.9 Å². The van der Waals surface area contributed by atoms with E-state index in [2.05, 4.69) is 16.4 Å². The molecule has 2 atom stereocenters. The van der Waals surface area contributed by atoms with Crippen molar-refractivity contribution in [3.05, 3.63) is 22.5 Å². The number of hydrogen-bond donors (Lipinski definition) is 2. The topological polar surface area (TPSA) is 104 Å². The Balaban J connectivity index is 2.23. The van der Waals surface area contributed by atoms with Gasteiger partial charge in [-0.05, 0) is 25.3 Å². The van der Waals surface area contributed by atoms with Gasteiger partial charge >= 0.3 is 5.97 Å². The molecule has 0 unspecified atom stereocenters. The van der Waals surface area contributed by atoms with Crippen LogP contribution >= 0.6 is 0 Å². The van der Waals surface area contributed by atoms with E-state index in [1.54, 1.807) is 6.92 Å². The van der Waals surface area contributed by atoms with Gasteiger partial charge in [0.1, 0.15) is 11.7 Å². The number of nitriles is 1. The minimum atomic E-state index is -0.612. The van der Waals surface area contributed by atoms with Crippen molar-refractivity contribution in [1.29, 1.82) is 5.26 Å². The van der Waals surface area contributed by atoms with Crippen LogP contribution in [0.25, 0.3) is 0 Å². The quantitative estimate of drug-likeness (QED) is 0.797. The molecule has 0 aliphatic carbocycles. The predicted molar refractivity (Wildman–Crippen MR) is 82.0 cm³/mol. The summed E-state index contributed by atoms with van der Waals surface area (Å²) in [5.74, 6) is -0.883. The van der Waals surface area contributed by atoms with Crippen LogP contribution in [0, 0.1) is 24.2 Å². The first-order valence-corrected chi connectivity index (χ1v) is 7.61. The van der Waals surface area contributed by atoms with E-state index in [1.165, 1.54) is 7.11 Å². The van der Waals surface area contributed by atoms with E-state index in [-0.39, 0.29) is 5.92 Å². The highest BCUT2D eigenvalue weighted by Crippen LogP contribution is 2.21. The summed E-state index contributed by atoms with van der Waals surface area (Å²) in [6.07, 6.45) is 1.31. The third kappa shape index (κ3) is 3.37. The van der Waals surface area contributed by atoms with Gasteiger partial charge in [-0.1, -0.05) is 6.92 Å². The van der Waals surface area contributed by atoms with E-state index < -0.39 is 17.9 Å². The lowest BCUT2D eigenvalue weighted by molar-refractivity contribution is 0.0599. The summed E-state index contributed by atoms with van der Waals surface area (Å²) in [6, 6.07) is 1.50. The Labute approximate surface area is 135 Å². The number of amides is 1. The summed E-state index contributed by atoms with van der Waals surface area (Å²) in [6.45, 7) is 4.65. The zero-order chi connectivity index (χ0) is 17.0. The van der Waals surface area contributed by atoms with Crippen molar-refractivity contribution in [3.63, 3.8) is 0 Å². The molecule has 0 saturated carbocycles. The van der Waals surface area contributed by atoms with Crippen LogP contribution in [-0.4, -0.2) is 43.2 Å². The minimum Gasteiger partial charge on any atom is -0.465 e. The molecule has 1 aromatic heterocycles. The maximum Gasteiger partial charge on any atom is 0.339 e. The second kappa shape index (κ2) is 7.29. The summed E-state index contributed by atoms with van der Waals surface area (Å²) >= 11 is 0. The van der Waals surface area contributed by atoms with Gasteiger partial charge < -0.3 is 19.8 Å². The number of nitrogens with zero attached hydrogens (tertiary/aromatic N) is 1. The smallest absolute Gasteiger partial charge is 0.339 e. The Morgan fingerprint density at radius 3 is 2.83 bits per heavy atom. The lowest BCUT2D eigenvalue weighted by Gasteiger charge is -2.16. The number of aromatic nitrogens is 1. The van der Waals surface area contributed by atoms with Crippen LogP contribution in [0.1, 0.15) is 45.4 Å². The van der Waals surface area contributed by atoms with Crippen molar-refractivity contribution < 1.29 is 19.1 Å². The van der Waals surface area contributed by atoms with Crippen LogP contribution in [0.2, 0.25) is 0 Å². The molecular weight excluding hydrogens is 298 g/mol. The van der Waals surface area contributed by atoms with Crippen LogP contribution in [0.5, 0.6) is 0 Å². The molecule has 2 rings (SSSR count). The molecular formula is C16H21N3O4. The zero-order valence-electron chi connectivity index (χ0n) is 13.6. The molecule has 2 N–H and O–H groups in total. The van der Waals surface area contributed by atoms with Crippen LogP contribution in [0.3, 0.4) is 0 Å². The lowest BCUT2D eigenvalue weighted by Crippen LogP contribution is -2.40. The SMILES string of the molecule is CCc1[nH]c(C(=O)N[C@@H](C#N)[C@@H]2CCOC2)c(C)c1C(=O)OC. The van der Waals surface area contributed by atoms with Gasteiger partial charge in [0.05, 0.1) is 25.3 Å². The average molecular weight is 319 g/mol. The number of methoxy groups -OCH3 is 1. The fraction of sp³-hybridized carbons (Fsp3) is 0.562.